The van der Waals surface area contributed by atoms with E-state index < -0.39 is 16.0 Å². The molecule has 0 aliphatic heterocycles. The van der Waals surface area contributed by atoms with Gasteiger partial charge < -0.3 is 18.9 Å². The molecule has 0 aliphatic carbocycles. The van der Waals surface area contributed by atoms with Crippen LogP contribution >= 0.6 is 0 Å². The van der Waals surface area contributed by atoms with Gasteiger partial charge >= 0.3 is 5.97 Å². The fourth-order valence-corrected chi connectivity index (χ4v) is 5.75. The second-order valence-electron chi connectivity index (χ2n) is 7.87. The number of hydrogen-bond donors (Lipinski definition) is 0. The van der Waals surface area contributed by atoms with E-state index in [1.807, 2.05) is 0 Å². The Kier molecular flexibility index (Phi) is 7.21. The number of esters is 1. The summed E-state index contributed by atoms with van der Waals surface area (Å²) in [5, 5.41) is 0.419. The fourth-order valence-electron chi connectivity index (χ4n) is 4.17. The van der Waals surface area contributed by atoms with Gasteiger partial charge in [0.25, 0.3) is 10.0 Å². The third-order valence-corrected chi connectivity index (χ3v) is 7.57. The first-order chi connectivity index (χ1) is 17.3. The van der Waals surface area contributed by atoms with Crippen LogP contribution in [0, 0.1) is 0 Å². The maximum absolute atomic E-state index is 14.0. The highest BCUT2D eigenvalue weighted by molar-refractivity contribution is 7.90. The minimum absolute atomic E-state index is 0.0988. The van der Waals surface area contributed by atoms with Crippen LogP contribution in [0.5, 0.6) is 17.2 Å². The van der Waals surface area contributed by atoms with E-state index in [1.165, 1.54) is 37.4 Å². The number of ether oxygens (including phenoxy) is 4. The smallest absolute Gasteiger partial charge is 0.340 e. The topological polar surface area (TPSA) is 93.1 Å². The van der Waals surface area contributed by atoms with Crippen LogP contribution in [-0.4, -0.2) is 46.3 Å². The molecule has 0 atom stereocenters. The quantitative estimate of drug-likeness (QED) is 0.303. The molecule has 0 N–H and O–H groups in total. The number of fused-ring (bicyclic) bond motifs is 1. The lowest BCUT2D eigenvalue weighted by Crippen LogP contribution is -2.18. The van der Waals surface area contributed by atoms with Gasteiger partial charge in [-0.25, -0.2) is 17.2 Å². The lowest BCUT2D eigenvalue weighted by Gasteiger charge is -2.14. The van der Waals surface area contributed by atoms with Gasteiger partial charge in [-0.15, -0.1) is 0 Å². The molecule has 0 aliphatic rings. The standard InChI is InChI=1S/C27H27NO7S/c1-5-35-27(29)26-21-17-19(32-2)12-13-22(21)28(36(30,31)20-9-7-6-8-10-20)23(26)15-18-11-14-24(33-3)25(16-18)34-4/h6-14,16-17H,5,15H2,1-4H3. The highest BCUT2D eigenvalue weighted by Crippen LogP contribution is 2.36. The lowest BCUT2D eigenvalue weighted by atomic mass is 10.0. The van der Waals surface area contributed by atoms with Gasteiger partial charge in [0.1, 0.15) is 5.75 Å². The van der Waals surface area contributed by atoms with Crippen molar-refractivity contribution in [2.75, 3.05) is 27.9 Å². The van der Waals surface area contributed by atoms with Crippen molar-refractivity contribution in [2.24, 2.45) is 0 Å². The van der Waals surface area contributed by atoms with E-state index in [1.54, 1.807) is 61.5 Å². The normalized spacial score (nSPS) is 11.3. The van der Waals surface area contributed by atoms with Crippen LogP contribution in [-0.2, 0) is 21.2 Å². The van der Waals surface area contributed by atoms with Crippen molar-refractivity contribution in [3.05, 3.63) is 83.6 Å². The minimum atomic E-state index is -4.08. The van der Waals surface area contributed by atoms with Gasteiger partial charge in [0.2, 0.25) is 0 Å². The second-order valence-corrected chi connectivity index (χ2v) is 9.66. The average molecular weight is 510 g/mol. The van der Waals surface area contributed by atoms with Crippen molar-refractivity contribution >= 4 is 26.9 Å². The van der Waals surface area contributed by atoms with Gasteiger partial charge in [-0.2, -0.15) is 0 Å². The van der Waals surface area contributed by atoms with E-state index in [2.05, 4.69) is 0 Å². The molecular weight excluding hydrogens is 482 g/mol. The van der Waals surface area contributed by atoms with Crippen LogP contribution in [0.15, 0.2) is 71.6 Å². The summed E-state index contributed by atoms with van der Waals surface area (Å²) in [7, 11) is 0.486. The third-order valence-electron chi connectivity index (χ3n) is 5.81. The molecular formula is C27H27NO7S. The maximum Gasteiger partial charge on any atom is 0.340 e. The van der Waals surface area contributed by atoms with Crippen LogP contribution in [0.3, 0.4) is 0 Å². The molecule has 4 rings (SSSR count). The first-order valence-corrected chi connectivity index (χ1v) is 12.7. The molecule has 8 nitrogen and oxygen atoms in total. The van der Waals surface area contributed by atoms with Gasteiger partial charge in [0.05, 0.1) is 49.6 Å². The van der Waals surface area contributed by atoms with Gasteiger partial charge in [0.15, 0.2) is 11.5 Å². The zero-order valence-electron chi connectivity index (χ0n) is 20.5. The number of benzene rings is 3. The Labute approximate surface area is 210 Å². The zero-order valence-corrected chi connectivity index (χ0v) is 21.3. The van der Waals surface area contributed by atoms with Crippen LogP contribution in [0.2, 0.25) is 0 Å². The Morgan fingerprint density at radius 2 is 1.58 bits per heavy atom. The van der Waals surface area contributed by atoms with Crippen LogP contribution in [0.1, 0.15) is 28.5 Å². The first kappa shape index (κ1) is 25.1. The average Bonchev–Trinajstić information content (AvgIpc) is 3.22. The van der Waals surface area contributed by atoms with Crippen LogP contribution in [0.25, 0.3) is 10.9 Å². The van der Waals surface area contributed by atoms with E-state index in [4.69, 9.17) is 18.9 Å². The third kappa shape index (κ3) is 4.49. The highest BCUT2D eigenvalue weighted by atomic mass is 32.2. The van der Waals surface area contributed by atoms with Crippen molar-refractivity contribution in [3.63, 3.8) is 0 Å². The molecule has 1 heterocycles. The lowest BCUT2D eigenvalue weighted by molar-refractivity contribution is 0.0527. The predicted molar refractivity (Wildman–Crippen MR) is 136 cm³/mol. The Morgan fingerprint density at radius 3 is 2.22 bits per heavy atom. The van der Waals surface area contributed by atoms with Gasteiger partial charge in [0, 0.05) is 11.8 Å². The summed E-state index contributed by atoms with van der Waals surface area (Å²) < 4.78 is 50.7. The van der Waals surface area contributed by atoms with E-state index >= 15 is 0 Å². The Morgan fingerprint density at radius 1 is 0.861 bits per heavy atom. The zero-order chi connectivity index (χ0) is 25.9. The number of rotatable bonds is 9. The Bertz CT molecular complexity index is 1510. The number of carbonyl (C=O) groups is 1. The number of aromatic nitrogens is 1. The molecule has 4 aromatic rings. The van der Waals surface area contributed by atoms with Crippen molar-refractivity contribution in [3.8, 4) is 17.2 Å². The van der Waals surface area contributed by atoms with E-state index in [-0.39, 0.29) is 29.2 Å². The van der Waals surface area contributed by atoms with Crippen molar-refractivity contribution < 1.29 is 32.2 Å². The molecule has 9 heteroatoms. The first-order valence-electron chi connectivity index (χ1n) is 11.3. The van der Waals surface area contributed by atoms with E-state index in [0.29, 0.717) is 28.2 Å². The largest absolute Gasteiger partial charge is 0.497 e. The van der Waals surface area contributed by atoms with Crippen LogP contribution < -0.4 is 14.2 Å². The van der Waals surface area contributed by atoms with Crippen molar-refractivity contribution in [1.29, 1.82) is 0 Å². The van der Waals surface area contributed by atoms with E-state index in [0.717, 1.165) is 5.56 Å². The Hall–Kier alpha value is -3.98. The molecule has 0 unspecified atom stereocenters. The molecule has 0 bridgehead atoms. The second kappa shape index (κ2) is 10.3. The maximum atomic E-state index is 14.0. The van der Waals surface area contributed by atoms with Gasteiger partial charge in [-0.3, -0.25) is 0 Å². The fraction of sp³-hybridized carbons (Fsp3) is 0.222. The monoisotopic (exact) mass is 509 g/mol. The molecule has 188 valence electrons. The Balaban J connectivity index is 2.06. The molecule has 3 aromatic carbocycles. The summed E-state index contributed by atoms with van der Waals surface area (Å²) in [6.45, 7) is 1.84. The molecule has 1 aromatic heterocycles. The molecule has 0 radical (unpaired) electrons. The summed E-state index contributed by atoms with van der Waals surface area (Å²) in [5.41, 5.74) is 1.50. The highest BCUT2D eigenvalue weighted by Gasteiger charge is 2.31. The van der Waals surface area contributed by atoms with Crippen molar-refractivity contribution in [1.82, 2.24) is 3.97 Å². The predicted octanol–water partition coefficient (Wildman–Crippen LogP) is 4.67. The SMILES string of the molecule is CCOC(=O)c1c(Cc2ccc(OC)c(OC)c2)n(S(=O)(=O)c2ccccc2)c2ccc(OC)cc12. The summed E-state index contributed by atoms with van der Waals surface area (Å²) >= 11 is 0. The summed E-state index contributed by atoms with van der Waals surface area (Å²) in [6.07, 6.45) is 0.109. The molecule has 0 amide bonds. The number of nitrogens with zero attached hydrogens (tertiary/aromatic N) is 1. The van der Waals surface area contributed by atoms with Gasteiger partial charge in [-0.1, -0.05) is 24.3 Å². The minimum Gasteiger partial charge on any atom is -0.497 e. The molecule has 0 fully saturated rings. The van der Waals surface area contributed by atoms with Crippen LogP contribution in [0.4, 0.5) is 0 Å². The van der Waals surface area contributed by atoms with E-state index in [9.17, 15) is 13.2 Å². The number of methoxy groups -OCH3 is 3. The molecule has 0 saturated heterocycles. The van der Waals surface area contributed by atoms with Crippen molar-refractivity contribution in [2.45, 2.75) is 18.2 Å². The molecule has 0 spiro atoms. The van der Waals surface area contributed by atoms with Gasteiger partial charge in [-0.05, 0) is 55.0 Å². The summed E-state index contributed by atoms with van der Waals surface area (Å²) in [5.74, 6) is 0.894. The molecule has 0 saturated carbocycles. The molecule has 36 heavy (non-hydrogen) atoms. The number of carbonyl (C=O) groups excluding carboxylic acids is 1. The summed E-state index contributed by atoms with van der Waals surface area (Å²) in [4.78, 5) is 13.4. The summed E-state index contributed by atoms with van der Waals surface area (Å²) in [6, 6.07) is 18.3. The number of hydrogen-bond acceptors (Lipinski definition) is 7.